The molecule has 1 aromatic heterocycles. The Kier molecular flexibility index (Phi) is 3.06. The highest BCUT2D eigenvalue weighted by molar-refractivity contribution is 5.68. The van der Waals surface area contributed by atoms with Crippen molar-refractivity contribution in [2.75, 3.05) is 0 Å². The van der Waals surface area contributed by atoms with Gasteiger partial charge in [-0.05, 0) is 24.6 Å². The maximum Gasteiger partial charge on any atom is 0.139 e. The first-order valence-corrected chi connectivity index (χ1v) is 6.39. The van der Waals surface area contributed by atoms with E-state index in [0.29, 0.717) is 5.56 Å². The third-order valence-electron chi connectivity index (χ3n) is 3.24. The molecule has 20 heavy (non-hydrogen) atoms. The second kappa shape index (κ2) is 5.02. The highest BCUT2D eigenvalue weighted by Gasteiger charge is 2.08. The van der Waals surface area contributed by atoms with Crippen LogP contribution in [0.4, 0.5) is 0 Å². The van der Waals surface area contributed by atoms with Gasteiger partial charge >= 0.3 is 0 Å². The molecule has 1 N–H and O–H groups in total. The fourth-order valence-electron chi connectivity index (χ4n) is 2.13. The second-order valence-corrected chi connectivity index (χ2v) is 4.67. The van der Waals surface area contributed by atoms with E-state index in [4.69, 9.17) is 5.26 Å². The fraction of sp³-hybridized carbons (Fsp3) is 0.0588. The van der Waals surface area contributed by atoms with Gasteiger partial charge < -0.3 is 4.98 Å². The number of H-pyrrole nitrogens is 1. The lowest BCUT2D eigenvalue weighted by atomic mass is 10.1. The smallest absolute Gasteiger partial charge is 0.139 e. The minimum atomic E-state index is 0.623. The van der Waals surface area contributed by atoms with Crippen molar-refractivity contribution in [3.63, 3.8) is 0 Å². The van der Waals surface area contributed by atoms with Gasteiger partial charge in [0.25, 0.3) is 0 Å². The molecule has 0 atom stereocenters. The van der Waals surface area contributed by atoms with Crippen LogP contribution in [0.25, 0.3) is 22.6 Å². The quantitative estimate of drug-likeness (QED) is 0.758. The van der Waals surface area contributed by atoms with Crippen molar-refractivity contribution in [3.8, 4) is 28.7 Å². The average Bonchev–Trinajstić information content (AvgIpc) is 2.97. The van der Waals surface area contributed by atoms with Gasteiger partial charge in [-0.3, -0.25) is 0 Å². The van der Waals surface area contributed by atoms with E-state index in [0.717, 1.165) is 22.6 Å². The molecule has 0 bridgehead atoms. The van der Waals surface area contributed by atoms with Gasteiger partial charge in [-0.2, -0.15) is 5.26 Å². The lowest BCUT2D eigenvalue weighted by Gasteiger charge is -2.00. The molecule has 2 aromatic carbocycles. The number of aryl methyl sites for hydroxylation is 1. The van der Waals surface area contributed by atoms with Gasteiger partial charge in [-0.1, -0.05) is 42.0 Å². The van der Waals surface area contributed by atoms with E-state index in [9.17, 15) is 0 Å². The molecule has 0 aliphatic heterocycles. The predicted octanol–water partition coefficient (Wildman–Crippen LogP) is 3.92. The number of benzene rings is 2. The van der Waals surface area contributed by atoms with E-state index in [1.165, 1.54) is 5.56 Å². The summed E-state index contributed by atoms with van der Waals surface area (Å²) in [7, 11) is 0. The molecule has 0 aliphatic rings. The molecule has 0 radical (unpaired) electrons. The Morgan fingerprint density at radius 3 is 2.55 bits per heavy atom. The zero-order valence-electron chi connectivity index (χ0n) is 11.1. The first-order valence-electron chi connectivity index (χ1n) is 6.39. The largest absolute Gasteiger partial charge is 0.338 e. The molecule has 3 nitrogen and oxygen atoms in total. The predicted molar refractivity (Wildman–Crippen MR) is 78.9 cm³/mol. The number of rotatable bonds is 2. The van der Waals surface area contributed by atoms with Crippen LogP contribution in [0.1, 0.15) is 11.1 Å². The van der Waals surface area contributed by atoms with E-state index in [-0.39, 0.29) is 0 Å². The molecular weight excluding hydrogens is 246 g/mol. The lowest BCUT2D eigenvalue weighted by Crippen LogP contribution is -1.86. The van der Waals surface area contributed by atoms with Crippen LogP contribution in [0.2, 0.25) is 0 Å². The summed E-state index contributed by atoms with van der Waals surface area (Å²) in [5.74, 6) is 0.720. The van der Waals surface area contributed by atoms with Crippen LogP contribution in [0.3, 0.4) is 0 Å². The Bertz CT molecular complexity index is 776. The number of aromatic nitrogens is 2. The summed E-state index contributed by atoms with van der Waals surface area (Å²) < 4.78 is 0. The Labute approximate surface area is 117 Å². The van der Waals surface area contributed by atoms with Gasteiger partial charge in [0.1, 0.15) is 5.82 Å². The Morgan fingerprint density at radius 2 is 1.80 bits per heavy atom. The maximum absolute atomic E-state index is 9.14. The van der Waals surface area contributed by atoms with Crippen molar-refractivity contribution < 1.29 is 0 Å². The summed E-state index contributed by atoms with van der Waals surface area (Å²) in [6, 6.07) is 17.9. The van der Waals surface area contributed by atoms with Crippen LogP contribution in [-0.2, 0) is 0 Å². The minimum absolute atomic E-state index is 0.623. The third-order valence-corrected chi connectivity index (χ3v) is 3.24. The normalized spacial score (nSPS) is 10.2. The summed E-state index contributed by atoms with van der Waals surface area (Å²) in [5, 5.41) is 9.14. The second-order valence-electron chi connectivity index (χ2n) is 4.67. The molecule has 0 amide bonds. The van der Waals surface area contributed by atoms with Crippen molar-refractivity contribution in [3.05, 3.63) is 65.9 Å². The van der Waals surface area contributed by atoms with Crippen molar-refractivity contribution >= 4 is 0 Å². The number of hydrogen-bond acceptors (Lipinski definition) is 2. The standard InChI is InChI=1S/C17H13N3/c1-12-6-8-13(9-7-12)16-11-19-17(20-16)15-5-3-2-4-14(15)10-18/h2-9,11H,1H3,(H,19,20). The summed E-state index contributed by atoms with van der Waals surface area (Å²) in [6.07, 6.45) is 1.80. The molecule has 0 saturated carbocycles. The van der Waals surface area contributed by atoms with Crippen molar-refractivity contribution in [1.82, 2.24) is 9.97 Å². The van der Waals surface area contributed by atoms with Crippen LogP contribution in [0.15, 0.2) is 54.7 Å². The van der Waals surface area contributed by atoms with Crippen LogP contribution in [0.5, 0.6) is 0 Å². The summed E-state index contributed by atoms with van der Waals surface area (Å²) in [4.78, 5) is 7.66. The average molecular weight is 259 g/mol. The Hall–Kier alpha value is -2.86. The van der Waals surface area contributed by atoms with E-state index in [1.54, 1.807) is 12.3 Å². The first kappa shape index (κ1) is 12.2. The Balaban J connectivity index is 2.02. The molecule has 1 heterocycles. The maximum atomic E-state index is 9.14. The van der Waals surface area contributed by atoms with E-state index < -0.39 is 0 Å². The van der Waals surface area contributed by atoms with Crippen LogP contribution in [-0.4, -0.2) is 9.97 Å². The first-order chi connectivity index (χ1) is 9.78. The third kappa shape index (κ3) is 2.19. The Morgan fingerprint density at radius 1 is 1.05 bits per heavy atom. The summed E-state index contributed by atoms with van der Waals surface area (Å²) in [6.45, 7) is 2.06. The topological polar surface area (TPSA) is 52.5 Å². The number of nitriles is 1. The molecule has 96 valence electrons. The van der Waals surface area contributed by atoms with E-state index >= 15 is 0 Å². The highest BCUT2D eigenvalue weighted by Crippen LogP contribution is 2.24. The summed E-state index contributed by atoms with van der Waals surface area (Å²) >= 11 is 0. The SMILES string of the molecule is Cc1ccc(-c2cnc(-c3ccccc3C#N)[nH]2)cc1. The van der Waals surface area contributed by atoms with Gasteiger partial charge in [0.05, 0.1) is 23.5 Å². The number of aromatic amines is 1. The molecule has 0 aliphatic carbocycles. The highest BCUT2D eigenvalue weighted by atomic mass is 14.9. The molecule has 0 saturated heterocycles. The van der Waals surface area contributed by atoms with Gasteiger partial charge in [-0.15, -0.1) is 0 Å². The van der Waals surface area contributed by atoms with Crippen LogP contribution >= 0.6 is 0 Å². The minimum Gasteiger partial charge on any atom is -0.338 e. The van der Waals surface area contributed by atoms with Crippen molar-refractivity contribution in [1.29, 1.82) is 5.26 Å². The van der Waals surface area contributed by atoms with Gasteiger partial charge in [0.2, 0.25) is 0 Å². The van der Waals surface area contributed by atoms with Gasteiger partial charge in [0.15, 0.2) is 0 Å². The van der Waals surface area contributed by atoms with Gasteiger partial charge in [0, 0.05) is 5.56 Å². The van der Waals surface area contributed by atoms with Crippen molar-refractivity contribution in [2.45, 2.75) is 6.92 Å². The van der Waals surface area contributed by atoms with Gasteiger partial charge in [-0.25, -0.2) is 4.98 Å². The zero-order valence-corrected chi connectivity index (χ0v) is 11.1. The molecule has 3 rings (SSSR count). The van der Waals surface area contributed by atoms with Crippen molar-refractivity contribution in [2.24, 2.45) is 0 Å². The number of nitrogens with one attached hydrogen (secondary N) is 1. The molecule has 0 fully saturated rings. The van der Waals surface area contributed by atoms with E-state index in [2.05, 4.69) is 47.2 Å². The molecular formula is C17H13N3. The summed E-state index contributed by atoms with van der Waals surface area (Å²) in [5.41, 5.74) is 4.71. The fourth-order valence-corrected chi connectivity index (χ4v) is 2.13. The molecule has 0 unspecified atom stereocenters. The van der Waals surface area contributed by atoms with Crippen LogP contribution in [0, 0.1) is 18.3 Å². The lowest BCUT2D eigenvalue weighted by molar-refractivity contribution is 1.30. The molecule has 3 aromatic rings. The monoisotopic (exact) mass is 259 g/mol. The molecule has 0 spiro atoms. The zero-order chi connectivity index (χ0) is 13.9. The number of nitrogens with zero attached hydrogens (tertiary/aromatic N) is 2. The number of imidazole rings is 1. The van der Waals surface area contributed by atoms with Crippen LogP contribution < -0.4 is 0 Å². The number of hydrogen-bond donors (Lipinski definition) is 1. The molecule has 3 heteroatoms. The van der Waals surface area contributed by atoms with E-state index in [1.807, 2.05) is 18.2 Å².